The third-order valence-corrected chi connectivity index (χ3v) is 5.73. The summed E-state index contributed by atoms with van der Waals surface area (Å²) in [7, 11) is 1.48. The van der Waals surface area contributed by atoms with E-state index in [-0.39, 0.29) is 23.0 Å². The highest BCUT2D eigenvalue weighted by molar-refractivity contribution is 5.93. The van der Waals surface area contributed by atoms with Gasteiger partial charge in [0.25, 0.3) is 0 Å². The summed E-state index contributed by atoms with van der Waals surface area (Å²) in [6.07, 6.45) is 1.35. The number of amides is 1. The van der Waals surface area contributed by atoms with Crippen molar-refractivity contribution >= 4 is 11.7 Å². The van der Waals surface area contributed by atoms with E-state index in [1.807, 2.05) is 0 Å². The fraction of sp³-hybridized carbons (Fsp3) is 0.500. The summed E-state index contributed by atoms with van der Waals surface area (Å²) >= 11 is 0. The van der Waals surface area contributed by atoms with Gasteiger partial charge < -0.3 is 5.32 Å². The zero-order valence-corrected chi connectivity index (χ0v) is 15.4. The molecule has 0 bridgehead atoms. The third-order valence-electron chi connectivity index (χ3n) is 5.73. The molecule has 1 N–H and O–H groups in total. The van der Waals surface area contributed by atoms with Crippen LogP contribution in [0.25, 0.3) is 0 Å². The zero-order chi connectivity index (χ0) is 20.1. The number of benzene rings is 1. The van der Waals surface area contributed by atoms with Gasteiger partial charge in [-0.3, -0.25) is 9.48 Å². The molecule has 1 aromatic carbocycles. The van der Waals surface area contributed by atoms with Crippen molar-refractivity contribution in [3.63, 3.8) is 0 Å². The molecule has 1 amide bonds. The maximum absolute atomic E-state index is 15.3. The van der Waals surface area contributed by atoms with Crippen molar-refractivity contribution in [3.8, 4) is 0 Å². The highest BCUT2D eigenvalue weighted by atomic mass is 19.3. The van der Waals surface area contributed by atoms with Crippen LogP contribution in [0.5, 0.6) is 0 Å². The van der Waals surface area contributed by atoms with E-state index in [4.69, 9.17) is 0 Å². The molecule has 2 saturated carbocycles. The molecule has 150 valence electrons. The molecule has 4 rings (SSSR count). The number of halogens is 4. The standard InChI is InChI=1S/C20H21F4N3O/c1-27-17(25-18(28)13-10-19(21,22)11-13)15(12-6-5-7-12)16(26-27)20(23,24)14-8-3-2-4-9-14/h2-4,8-9,12-13H,5-7,10-11H2,1H3,(H,25,28). The van der Waals surface area contributed by atoms with Crippen LogP contribution in [0.15, 0.2) is 30.3 Å². The number of hydrogen-bond donors (Lipinski definition) is 1. The van der Waals surface area contributed by atoms with Gasteiger partial charge in [-0.2, -0.15) is 13.9 Å². The Labute approximate surface area is 159 Å². The second-order valence-electron chi connectivity index (χ2n) is 7.75. The maximum atomic E-state index is 15.3. The van der Waals surface area contributed by atoms with E-state index in [9.17, 15) is 13.6 Å². The molecule has 8 heteroatoms. The Morgan fingerprint density at radius 2 is 1.86 bits per heavy atom. The number of carbonyl (C=O) groups excluding carboxylic acids is 1. The minimum absolute atomic E-state index is 0.128. The van der Waals surface area contributed by atoms with Crippen LogP contribution in [0.1, 0.15) is 54.8 Å². The zero-order valence-electron chi connectivity index (χ0n) is 15.4. The Morgan fingerprint density at radius 1 is 1.21 bits per heavy atom. The van der Waals surface area contributed by atoms with Crippen molar-refractivity contribution in [2.24, 2.45) is 13.0 Å². The van der Waals surface area contributed by atoms with Gasteiger partial charge in [-0.25, -0.2) is 8.78 Å². The number of nitrogens with one attached hydrogen (secondary N) is 1. The van der Waals surface area contributed by atoms with Gasteiger partial charge in [-0.1, -0.05) is 36.8 Å². The first kappa shape index (κ1) is 19.0. The monoisotopic (exact) mass is 395 g/mol. The van der Waals surface area contributed by atoms with Gasteiger partial charge in [0.2, 0.25) is 11.8 Å². The van der Waals surface area contributed by atoms with Gasteiger partial charge in [0, 0.05) is 36.9 Å². The Bertz CT molecular complexity index is 882. The van der Waals surface area contributed by atoms with E-state index < -0.39 is 36.5 Å². The van der Waals surface area contributed by atoms with E-state index in [0.29, 0.717) is 5.56 Å². The SMILES string of the molecule is Cn1nc(C(F)(F)c2ccccc2)c(C2CCC2)c1NC(=O)C1CC(F)(F)C1. The Kier molecular flexibility index (Phi) is 4.47. The van der Waals surface area contributed by atoms with Gasteiger partial charge in [0.05, 0.1) is 0 Å². The molecule has 2 fully saturated rings. The molecule has 1 aromatic heterocycles. The Morgan fingerprint density at radius 3 is 2.39 bits per heavy atom. The number of aromatic nitrogens is 2. The minimum atomic E-state index is -3.32. The van der Waals surface area contributed by atoms with Crippen LogP contribution < -0.4 is 5.32 Å². The van der Waals surface area contributed by atoms with E-state index in [1.54, 1.807) is 6.07 Å². The molecule has 2 aliphatic rings. The van der Waals surface area contributed by atoms with Gasteiger partial charge in [-0.15, -0.1) is 0 Å². The number of hydrogen-bond acceptors (Lipinski definition) is 2. The molecule has 1 heterocycles. The summed E-state index contributed by atoms with van der Waals surface area (Å²) in [4.78, 5) is 12.4. The third kappa shape index (κ3) is 3.18. The van der Waals surface area contributed by atoms with Gasteiger partial charge in [-0.05, 0) is 18.8 Å². The smallest absolute Gasteiger partial charge is 0.310 e. The number of carbonyl (C=O) groups is 1. The van der Waals surface area contributed by atoms with E-state index in [0.717, 1.165) is 19.3 Å². The summed E-state index contributed by atoms with van der Waals surface area (Å²) in [5.41, 5.74) is -0.229. The Hall–Kier alpha value is -2.38. The first-order valence-electron chi connectivity index (χ1n) is 9.38. The molecule has 4 nitrogen and oxygen atoms in total. The largest absolute Gasteiger partial charge is 0.317 e. The molecule has 0 saturated heterocycles. The van der Waals surface area contributed by atoms with Crippen LogP contribution in [-0.2, 0) is 17.8 Å². The van der Waals surface area contributed by atoms with Crippen molar-refractivity contribution in [1.82, 2.24) is 9.78 Å². The van der Waals surface area contributed by atoms with Crippen LogP contribution in [0, 0.1) is 5.92 Å². The molecular formula is C20H21F4N3O. The molecule has 2 aliphatic carbocycles. The van der Waals surface area contributed by atoms with Crippen LogP contribution in [0.4, 0.5) is 23.4 Å². The molecule has 28 heavy (non-hydrogen) atoms. The molecular weight excluding hydrogens is 374 g/mol. The van der Waals surface area contributed by atoms with E-state index >= 15 is 8.78 Å². The molecule has 0 atom stereocenters. The fourth-order valence-corrected chi connectivity index (χ4v) is 3.85. The fourth-order valence-electron chi connectivity index (χ4n) is 3.85. The highest BCUT2D eigenvalue weighted by Gasteiger charge is 2.49. The quantitative estimate of drug-likeness (QED) is 0.739. The van der Waals surface area contributed by atoms with Gasteiger partial charge in [0.15, 0.2) is 0 Å². The first-order valence-corrected chi connectivity index (χ1v) is 9.38. The number of rotatable bonds is 5. The predicted octanol–water partition coefficient (Wildman–Crippen LogP) is 4.81. The lowest BCUT2D eigenvalue weighted by molar-refractivity contribution is -0.145. The summed E-state index contributed by atoms with van der Waals surface area (Å²) in [5, 5.41) is 6.66. The lowest BCUT2D eigenvalue weighted by Gasteiger charge is -2.34. The highest BCUT2D eigenvalue weighted by Crippen LogP contribution is 2.48. The molecule has 2 aromatic rings. The van der Waals surface area contributed by atoms with Crippen LogP contribution in [-0.4, -0.2) is 21.6 Å². The van der Waals surface area contributed by atoms with Crippen LogP contribution in [0.2, 0.25) is 0 Å². The summed E-state index contributed by atoms with van der Waals surface area (Å²) in [6.45, 7) is 0. The summed E-state index contributed by atoms with van der Waals surface area (Å²) in [5.74, 6) is -7.46. The lowest BCUT2D eigenvalue weighted by Crippen LogP contribution is -2.42. The van der Waals surface area contributed by atoms with Crippen molar-refractivity contribution in [2.75, 3.05) is 5.32 Å². The molecule has 0 radical (unpaired) electrons. The van der Waals surface area contributed by atoms with Crippen molar-refractivity contribution < 1.29 is 22.4 Å². The van der Waals surface area contributed by atoms with Gasteiger partial charge >= 0.3 is 5.92 Å². The van der Waals surface area contributed by atoms with Crippen LogP contribution >= 0.6 is 0 Å². The van der Waals surface area contributed by atoms with Crippen molar-refractivity contribution in [2.45, 2.75) is 49.9 Å². The minimum Gasteiger partial charge on any atom is -0.310 e. The topological polar surface area (TPSA) is 46.9 Å². The second kappa shape index (κ2) is 6.60. The number of nitrogens with zero attached hydrogens (tertiary/aromatic N) is 2. The molecule has 0 spiro atoms. The van der Waals surface area contributed by atoms with Crippen molar-refractivity contribution in [3.05, 3.63) is 47.2 Å². The molecule has 0 unspecified atom stereocenters. The number of aryl methyl sites for hydroxylation is 1. The number of alkyl halides is 4. The second-order valence-corrected chi connectivity index (χ2v) is 7.75. The summed E-state index contributed by atoms with van der Waals surface area (Å²) in [6, 6.07) is 7.41. The number of anilines is 1. The van der Waals surface area contributed by atoms with E-state index in [2.05, 4.69) is 10.4 Å². The van der Waals surface area contributed by atoms with Crippen molar-refractivity contribution in [1.29, 1.82) is 0 Å². The Balaban J connectivity index is 1.69. The average molecular weight is 395 g/mol. The maximum Gasteiger partial charge on any atom is 0.317 e. The molecule has 0 aliphatic heterocycles. The van der Waals surface area contributed by atoms with Crippen LogP contribution in [0.3, 0.4) is 0 Å². The lowest BCUT2D eigenvalue weighted by atomic mass is 9.78. The van der Waals surface area contributed by atoms with Gasteiger partial charge in [0.1, 0.15) is 11.5 Å². The van der Waals surface area contributed by atoms with E-state index in [1.165, 1.54) is 36.0 Å². The summed E-state index contributed by atoms with van der Waals surface area (Å²) < 4.78 is 57.9. The average Bonchev–Trinajstić information content (AvgIpc) is 2.89. The first-order chi connectivity index (χ1) is 13.2. The normalized spacial score (nSPS) is 19.8. The predicted molar refractivity (Wildman–Crippen MR) is 95.5 cm³/mol.